The molecule has 0 unspecified atom stereocenters. The predicted octanol–water partition coefficient (Wildman–Crippen LogP) is -0.926. The number of hydrogen-bond acceptors (Lipinski definition) is 4. The van der Waals surface area contributed by atoms with Crippen molar-refractivity contribution in [3.63, 3.8) is 0 Å². The number of halogens is 1. The molecule has 0 saturated heterocycles. The minimum atomic E-state index is -1.47. The molecule has 0 amide bonds. The summed E-state index contributed by atoms with van der Waals surface area (Å²) in [7, 11) is -1.47. The Hall–Kier alpha value is -0.775. The summed E-state index contributed by atoms with van der Waals surface area (Å²) in [6.07, 6.45) is 1.34. The van der Waals surface area contributed by atoms with E-state index in [1.807, 2.05) is 0 Å². The number of nitrogens with zero attached hydrogens (tertiary/aromatic N) is 1. The van der Waals surface area contributed by atoms with Crippen LogP contribution in [0, 0.1) is 6.92 Å². The van der Waals surface area contributed by atoms with Crippen molar-refractivity contribution < 1.29 is 10.0 Å². The van der Waals surface area contributed by atoms with Crippen molar-refractivity contribution in [1.29, 1.82) is 0 Å². The molecule has 0 radical (unpaired) electrons. The maximum Gasteiger partial charge on any atom is 0.490 e. The maximum atomic E-state index is 8.71. The third-order valence-corrected chi connectivity index (χ3v) is 1.44. The second-order valence-electron chi connectivity index (χ2n) is 2.34. The number of nitrogen functional groups attached to an aromatic ring is 1. The van der Waals surface area contributed by atoms with Crippen LogP contribution in [0.3, 0.4) is 0 Å². The van der Waals surface area contributed by atoms with Gasteiger partial charge in [-0.05, 0) is 12.5 Å². The van der Waals surface area contributed by atoms with Gasteiger partial charge < -0.3 is 15.8 Å². The van der Waals surface area contributed by atoms with E-state index in [0.29, 0.717) is 11.3 Å². The molecule has 0 bridgehead atoms. The van der Waals surface area contributed by atoms with Gasteiger partial charge in [0.05, 0.1) is 0 Å². The Balaban J connectivity index is 0.00000121. The summed E-state index contributed by atoms with van der Waals surface area (Å²) < 4.78 is 0. The second kappa shape index (κ2) is 4.30. The highest BCUT2D eigenvalue weighted by molar-refractivity contribution is 6.58. The van der Waals surface area contributed by atoms with E-state index in [0.717, 1.165) is 5.56 Å². The van der Waals surface area contributed by atoms with Gasteiger partial charge in [-0.2, -0.15) is 0 Å². The van der Waals surface area contributed by atoms with Gasteiger partial charge in [0.2, 0.25) is 0 Å². The second-order valence-corrected chi connectivity index (χ2v) is 2.34. The van der Waals surface area contributed by atoms with Crippen LogP contribution in [0.15, 0.2) is 12.3 Å². The first-order valence-corrected chi connectivity index (χ1v) is 3.19. The molecule has 6 heteroatoms. The van der Waals surface area contributed by atoms with Crippen LogP contribution in [-0.4, -0.2) is 22.2 Å². The zero-order valence-corrected chi connectivity index (χ0v) is 7.38. The first-order valence-electron chi connectivity index (χ1n) is 3.19. The van der Waals surface area contributed by atoms with Crippen LogP contribution in [0.1, 0.15) is 5.56 Å². The highest BCUT2D eigenvalue weighted by atomic mass is 35.5. The van der Waals surface area contributed by atoms with Gasteiger partial charge in [-0.25, -0.2) is 4.98 Å². The Morgan fingerprint density at radius 3 is 2.50 bits per heavy atom. The summed E-state index contributed by atoms with van der Waals surface area (Å²) in [5.41, 5.74) is 6.52. The number of aromatic nitrogens is 1. The van der Waals surface area contributed by atoms with Crippen LogP contribution >= 0.6 is 12.4 Å². The SMILES string of the molecule is Cc1cc(B(O)O)cnc1N.Cl. The van der Waals surface area contributed by atoms with Crippen LogP contribution < -0.4 is 11.2 Å². The van der Waals surface area contributed by atoms with Gasteiger partial charge in [-0.3, -0.25) is 0 Å². The average Bonchev–Trinajstić information content (AvgIpc) is 1.94. The predicted molar refractivity (Wildman–Crippen MR) is 50.5 cm³/mol. The van der Waals surface area contributed by atoms with Crippen LogP contribution in [0.2, 0.25) is 0 Å². The zero-order chi connectivity index (χ0) is 8.43. The van der Waals surface area contributed by atoms with Crippen LogP contribution in [0.25, 0.3) is 0 Å². The van der Waals surface area contributed by atoms with Gasteiger partial charge in [0, 0.05) is 11.7 Å². The Bertz CT molecular complexity index is 270. The molecular formula is C6H10BClN2O2. The van der Waals surface area contributed by atoms with Crippen molar-refractivity contribution in [2.45, 2.75) is 6.92 Å². The molecular weight excluding hydrogens is 178 g/mol. The fourth-order valence-electron chi connectivity index (χ4n) is 0.748. The molecule has 1 aromatic rings. The number of anilines is 1. The molecule has 0 atom stereocenters. The normalized spacial score (nSPS) is 8.92. The molecule has 0 aromatic carbocycles. The molecule has 0 spiro atoms. The molecule has 12 heavy (non-hydrogen) atoms. The van der Waals surface area contributed by atoms with Crippen molar-refractivity contribution in [3.8, 4) is 0 Å². The lowest BCUT2D eigenvalue weighted by Crippen LogP contribution is -2.30. The molecule has 0 aliphatic heterocycles. The molecule has 4 N–H and O–H groups in total. The summed E-state index contributed by atoms with van der Waals surface area (Å²) in [5, 5.41) is 17.4. The first kappa shape index (κ1) is 11.2. The van der Waals surface area contributed by atoms with Crippen LogP contribution in [0.5, 0.6) is 0 Å². The lowest BCUT2D eigenvalue weighted by atomic mass is 9.81. The van der Waals surface area contributed by atoms with Crippen molar-refractivity contribution in [3.05, 3.63) is 17.8 Å². The summed E-state index contributed by atoms with van der Waals surface area (Å²) in [5.74, 6) is 0.411. The highest BCUT2D eigenvalue weighted by Gasteiger charge is 2.11. The number of pyridine rings is 1. The van der Waals surface area contributed by atoms with E-state index in [1.165, 1.54) is 6.20 Å². The lowest BCUT2D eigenvalue weighted by Gasteiger charge is -2.01. The molecule has 1 aromatic heterocycles. The average molecular weight is 188 g/mol. The molecule has 1 heterocycles. The van der Waals surface area contributed by atoms with Gasteiger partial charge in [0.15, 0.2) is 0 Å². The van der Waals surface area contributed by atoms with Gasteiger partial charge in [0.1, 0.15) is 5.82 Å². The van der Waals surface area contributed by atoms with Gasteiger partial charge in [0.25, 0.3) is 0 Å². The highest BCUT2D eigenvalue weighted by Crippen LogP contribution is 2.01. The number of aryl methyl sites for hydroxylation is 1. The molecule has 66 valence electrons. The molecule has 0 aliphatic rings. The first-order chi connectivity index (χ1) is 5.11. The standard InChI is InChI=1S/C6H9BN2O2.ClH/c1-4-2-5(7(10)11)3-9-6(4)8;/h2-3,10-11H,1H3,(H2,8,9);1H. The quantitative estimate of drug-likeness (QED) is 0.498. The molecule has 1 rings (SSSR count). The number of hydrogen-bond donors (Lipinski definition) is 3. The van der Waals surface area contributed by atoms with Crippen molar-refractivity contribution >= 4 is 30.8 Å². The van der Waals surface area contributed by atoms with Crippen LogP contribution in [-0.2, 0) is 0 Å². The summed E-state index contributed by atoms with van der Waals surface area (Å²) in [6.45, 7) is 1.76. The number of rotatable bonds is 1. The largest absolute Gasteiger partial charge is 0.490 e. The summed E-state index contributed by atoms with van der Waals surface area (Å²) in [6, 6.07) is 1.59. The van der Waals surface area contributed by atoms with E-state index in [-0.39, 0.29) is 12.4 Å². The monoisotopic (exact) mass is 188 g/mol. The Morgan fingerprint density at radius 2 is 2.08 bits per heavy atom. The zero-order valence-electron chi connectivity index (χ0n) is 6.56. The van der Waals surface area contributed by atoms with Gasteiger partial charge >= 0.3 is 7.12 Å². The minimum Gasteiger partial charge on any atom is -0.423 e. The van der Waals surface area contributed by atoms with E-state index in [4.69, 9.17) is 15.8 Å². The van der Waals surface area contributed by atoms with E-state index < -0.39 is 7.12 Å². The van der Waals surface area contributed by atoms with E-state index in [9.17, 15) is 0 Å². The molecule has 4 nitrogen and oxygen atoms in total. The Morgan fingerprint density at radius 1 is 1.50 bits per heavy atom. The summed E-state index contributed by atoms with van der Waals surface area (Å²) >= 11 is 0. The number of nitrogens with two attached hydrogens (primary N) is 1. The van der Waals surface area contributed by atoms with Gasteiger partial charge in [-0.15, -0.1) is 12.4 Å². The van der Waals surface area contributed by atoms with E-state index >= 15 is 0 Å². The third-order valence-electron chi connectivity index (χ3n) is 1.44. The fourth-order valence-corrected chi connectivity index (χ4v) is 0.748. The Labute approximate surface area is 77.0 Å². The summed E-state index contributed by atoms with van der Waals surface area (Å²) in [4.78, 5) is 3.76. The van der Waals surface area contributed by atoms with E-state index in [2.05, 4.69) is 4.98 Å². The maximum absolute atomic E-state index is 8.71. The molecule has 0 aliphatic carbocycles. The van der Waals surface area contributed by atoms with Crippen molar-refractivity contribution in [2.75, 3.05) is 5.73 Å². The van der Waals surface area contributed by atoms with Crippen LogP contribution in [0.4, 0.5) is 5.82 Å². The van der Waals surface area contributed by atoms with E-state index in [1.54, 1.807) is 13.0 Å². The molecule has 0 saturated carbocycles. The van der Waals surface area contributed by atoms with Crippen molar-refractivity contribution in [2.24, 2.45) is 0 Å². The smallest absolute Gasteiger partial charge is 0.423 e. The third kappa shape index (κ3) is 2.37. The minimum absolute atomic E-state index is 0. The van der Waals surface area contributed by atoms with Crippen molar-refractivity contribution in [1.82, 2.24) is 4.98 Å². The topological polar surface area (TPSA) is 79.4 Å². The molecule has 0 fully saturated rings. The Kier molecular flexibility index (Phi) is 4.02. The lowest BCUT2D eigenvalue weighted by molar-refractivity contribution is 0.425. The van der Waals surface area contributed by atoms with Gasteiger partial charge in [-0.1, -0.05) is 6.07 Å². The fraction of sp³-hybridized carbons (Fsp3) is 0.167.